The molecule has 0 aromatic heterocycles. The molecular formula is C23H42BNO2. The lowest BCUT2D eigenvalue weighted by atomic mass is 9.99. The van der Waals surface area contributed by atoms with E-state index in [1.165, 1.54) is 32.1 Å². The van der Waals surface area contributed by atoms with Crippen LogP contribution in [0.15, 0.2) is 24.3 Å². The number of unbranched alkanes of at least 4 members (excludes halogenated alkanes) is 8. The standard InChI is InChI=1S/C23H42BNO2/c1-25(2)21-17-18-22-27-23(26)19-15-13-11-9-7-5-3-4-6-8-10-12-14-16-20-24/h6-9H,3-5,10-22H2,1-2H3/b8-6-,9-7-. The minimum absolute atomic E-state index is 0.0429. The largest absolute Gasteiger partial charge is 0.466 e. The summed E-state index contributed by atoms with van der Waals surface area (Å²) in [7, 11) is 9.60. The maximum absolute atomic E-state index is 11.6. The van der Waals surface area contributed by atoms with Crippen molar-refractivity contribution in [3.8, 4) is 0 Å². The number of hydrogen-bond donors (Lipinski definition) is 0. The van der Waals surface area contributed by atoms with Gasteiger partial charge in [0.05, 0.1) is 14.5 Å². The molecule has 0 rings (SSSR count). The number of allylic oxidation sites excluding steroid dienone is 4. The van der Waals surface area contributed by atoms with Crippen LogP contribution in [-0.2, 0) is 9.53 Å². The van der Waals surface area contributed by atoms with Gasteiger partial charge in [0, 0.05) is 6.42 Å². The van der Waals surface area contributed by atoms with Gasteiger partial charge in [0.15, 0.2) is 0 Å². The van der Waals surface area contributed by atoms with Gasteiger partial charge in [-0.05, 0) is 84.8 Å². The summed E-state index contributed by atoms with van der Waals surface area (Å²) in [6.07, 6.45) is 24.0. The molecule has 0 heterocycles. The molecule has 2 radical (unpaired) electrons. The van der Waals surface area contributed by atoms with Crippen molar-refractivity contribution in [2.45, 2.75) is 89.8 Å². The van der Waals surface area contributed by atoms with Crippen LogP contribution >= 0.6 is 0 Å². The Morgan fingerprint density at radius 2 is 1.37 bits per heavy atom. The minimum atomic E-state index is -0.0429. The molecule has 0 aromatic carbocycles. The molecule has 0 bridgehead atoms. The molecule has 0 N–H and O–H groups in total. The van der Waals surface area contributed by atoms with Gasteiger partial charge in [0.2, 0.25) is 0 Å². The molecule has 0 aliphatic heterocycles. The zero-order chi connectivity index (χ0) is 20.0. The predicted octanol–water partition coefficient (Wildman–Crippen LogP) is 5.86. The molecule has 0 aliphatic rings. The van der Waals surface area contributed by atoms with Crippen LogP contribution in [0.25, 0.3) is 0 Å². The van der Waals surface area contributed by atoms with Crippen LogP contribution in [0.5, 0.6) is 0 Å². The van der Waals surface area contributed by atoms with Gasteiger partial charge in [-0.1, -0.05) is 43.5 Å². The van der Waals surface area contributed by atoms with Crippen molar-refractivity contribution in [3.05, 3.63) is 24.3 Å². The zero-order valence-electron chi connectivity index (χ0n) is 18.0. The van der Waals surface area contributed by atoms with Crippen molar-refractivity contribution in [3.63, 3.8) is 0 Å². The highest BCUT2D eigenvalue weighted by Crippen LogP contribution is 2.06. The second kappa shape index (κ2) is 21.3. The molecule has 0 fully saturated rings. The molecule has 154 valence electrons. The Labute approximate surface area is 170 Å². The number of carbonyl (C=O) groups excluding carboxylic acids is 1. The Morgan fingerprint density at radius 1 is 0.778 bits per heavy atom. The van der Waals surface area contributed by atoms with Gasteiger partial charge in [-0.2, -0.15) is 0 Å². The highest BCUT2D eigenvalue weighted by Gasteiger charge is 2.01. The summed E-state index contributed by atoms with van der Waals surface area (Å²) in [5.41, 5.74) is 0. The zero-order valence-corrected chi connectivity index (χ0v) is 18.0. The van der Waals surface area contributed by atoms with E-state index in [2.05, 4.69) is 43.3 Å². The van der Waals surface area contributed by atoms with Gasteiger partial charge >= 0.3 is 5.97 Å². The fourth-order valence-electron chi connectivity index (χ4n) is 2.73. The summed E-state index contributed by atoms with van der Waals surface area (Å²) < 4.78 is 5.26. The highest BCUT2D eigenvalue weighted by atomic mass is 16.5. The van der Waals surface area contributed by atoms with Crippen LogP contribution < -0.4 is 0 Å². The third-order valence-corrected chi connectivity index (χ3v) is 4.41. The topological polar surface area (TPSA) is 29.5 Å². The SMILES string of the molecule is [B]CCCCC/C=C\CCC/C=C\CCCCC(=O)OCCCCN(C)C. The smallest absolute Gasteiger partial charge is 0.305 e. The van der Waals surface area contributed by atoms with E-state index in [1.807, 2.05) is 0 Å². The summed E-state index contributed by atoms with van der Waals surface area (Å²) in [6.45, 7) is 1.62. The maximum atomic E-state index is 11.6. The normalized spacial score (nSPS) is 11.8. The molecule has 0 aliphatic carbocycles. The molecule has 3 nitrogen and oxygen atoms in total. The van der Waals surface area contributed by atoms with E-state index in [4.69, 9.17) is 12.6 Å². The van der Waals surface area contributed by atoms with Crippen LogP contribution in [0.3, 0.4) is 0 Å². The van der Waals surface area contributed by atoms with E-state index < -0.39 is 0 Å². The quantitative estimate of drug-likeness (QED) is 0.123. The Morgan fingerprint density at radius 3 is 1.96 bits per heavy atom. The highest BCUT2D eigenvalue weighted by molar-refractivity contribution is 6.08. The van der Waals surface area contributed by atoms with Crippen molar-refractivity contribution in [2.75, 3.05) is 27.2 Å². The Bertz CT molecular complexity index is 381. The molecule has 0 amide bonds. The van der Waals surface area contributed by atoms with Gasteiger partial charge in [-0.25, -0.2) is 0 Å². The number of hydrogen-bond acceptors (Lipinski definition) is 3. The van der Waals surface area contributed by atoms with Gasteiger partial charge in [-0.3, -0.25) is 4.79 Å². The third-order valence-electron chi connectivity index (χ3n) is 4.41. The average molecular weight is 375 g/mol. The Hall–Kier alpha value is -1.03. The fourth-order valence-corrected chi connectivity index (χ4v) is 2.73. The van der Waals surface area contributed by atoms with Gasteiger partial charge in [-0.15, -0.1) is 0 Å². The van der Waals surface area contributed by atoms with E-state index in [1.54, 1.807) is 0 Å². The van der Waals surface area contributed by atoms with Gasteiger partial charge in [0.25, 0.3) is 0 Å². The Balaban J connectivity index is 3.30. The van der Waals surface area contributed by atoms with Crippen molar-refractivity contribution in [1.82, 2.24) is 4.90 Å². The van der Waals surface area contributed by atoms with Crippen molar-refractivity contribution in [1.29, 1.82) is 0 Å². The second-order valence-electron chi connectivity index (χ2n) is 7.49. The molecule has 0 unspecified atom stereocenters. The first-order chi connectivity index (χ1) is 13.2. The first kappa shape index (κ1) is 26.0. The molecule has 27 heavy (non-hydrogen) atoms. The number of ether oxygens (including phenoxy) is 1. The molecule has 0 atom stereocenters. The van der Waals surface area contributed by atoms with E-state index in [9.17, 15) is 4.79 Å². The number of rotatable bonds is 19. The predicted molar refractivity (Wildman–Crippen MR) is 118 cm³/mol. The molecule has 0 saturated carbocycles. The van der Waals surface area contributed by atoms with Crippen molar-refractivity contribution >= 4 is 13.8 Å². The van der Waals surface area contributed by atoms with Gasteiger partial charge in [0.1, 0.15) is 0 Å². The van der Waals surface area contributed by atoms with E-state index in [-0.39, 0.29) is 5.97 Å². The lowest BCUT2D eigenvalue weighted by molar-refractivity contribution is -0.143. The summed E-state index contributed by atoms with van der Waals surface area (Å²) in [4.78, 5) is 13.8. The molecule has 0 aromatic rings. The molecular weight excluding hydrogens is 333 g/mol. The van der Waals surface area contributed by atoms with Crippen LogP contribution in [-0.4, -0.2) is 46.0 Å². The van der Waals surface area contributed by atoms with E-state index >= 15 is 0 Å². The fraction of sp³-hybridized carbons (Fsp3) is 0.783. The summed E-state index contributed by atoms with van der Waals surface area (Å²) >= 11 is 0. The number of carbonyl (C=O) groups is 1. The van der Waals surface area contributed by atoms with Crippen LogP contribution in [0.4, 0.5) is 0 Å². The monoisotopic (exact) mass is 375 g/mol. The van der Waals surface area contributed by atoms with Crippen molar-refractivity contribution in [2.24, 2.45) is 0 Å². The first-order valence-electron chi connectivity index (χ1n) is 11.0. The number of esters is 1. The van der Waals surface area contributed by atoms with Crippen LogP contribution in [0, 0.1) is 0 Å². The third kappa shape index (κ3) is 22.9. The minimum Gasteiger partial charge on any atom is -0.466 e. The molecule has 4 heteroatoms. The second-order valence-corrected chi connectivity index (χ2v) is 7.49. The van der Waals surface area contributed by atoms with E-state index in [0.717, 1.165) is 57.8 Å². The lowest BCUT2D eigenvalue weighted by Crippen LogP contribution is -2.14. The van der Waals surface area contributed by atoms with Crippen LogP contribution in [0.2, 0.25) is 6.32 Å². The van der Waals surface area contributed by atoms with Crippen molar-refractivity contribution < 1.29 is 9.53 Å². The summed E-state index contributed by atoms with van der Waals surface area (Å²) in [5, 5.41) is 0. The average Bonchev–Trinajstić information content (AvgIpc) is 2.64. The summed E-state index contributed by atoms with van der Waals surface area (Å²) in [6, 6.07) is 0. The maximum Gasteiger partial charge on any atom is 0.305 e. The van der Waals surface area contributed by atoms with E-state index in [0.29, 0.717) is 13.0 Å². The molecule has 0 saturated heterocycles. The summed E-state index contributed by atoms with van der Waals surface area (Å²) in [5.74, 6) is -0.0429. The van der Waals surface area contributed by atoms with Gasteiger partial charge < -0.3 is 9.64 Å². The lowest BCUT2D eigenvalue weighted by Gasteiger charge is -2.09. The number of nitrogens with zero attached hydrogens (tertiary/aromatic N) is 1. The Kier molecular flexibility index (Phi) is 20.5. The first-order valence-corrected chi connectivity index (χ1v) is 11.0. The molecule has 0 spiro atoms. The van der Waals surface area contributed by atoms with Crippen LogP contribution in [0.1, 0.15) is 83.5 Å².